The normalized spacial score (nSPS) is 23.2. The van der Waals surface area contributed by atoms with Gasteiger partial charge in [-0.25, -0.2) is 0 Å². The lowest BCUT2D eigenvalue weighted by Gasteiger charge is -2.43. The topological polar surface area (TPSA) is 33.7 Å². The van der Waals surface area contributed by atoms with E-state index in [4.69, 9.17) is 9.47 Å². The van der Waals surface area contributed by atoms with Crippen LogP contribution in [0.25, 0.3) is 0 Å². The summed E-state index contributed by atoms with van der Waals surface area (Å²) in [5.74, 6) is 0.994. The van der Waals surface area contributed by atoms with Crippen LogP contribution in [0.3, 0.4) is 0 Å². The molecule has 0 radical (unpaired) electrons. The number of nitrogens with one attached hydrogen (secondary N) is 1. The third kappa shape index (κ3) is 4.62. The predicted octanol–water partition coefficient (Wildman–Crippen LogP) is 4.91. The van der Waals surface area contributed by atoms with Gasteiger partial charge in [-0.1, -0.05) is 50.1 Å². The minimum atomic E-state index is 0.0128. The number of piperidine rings is 1. The Morgan fingerprint density at radius 3 is 2.54 bits per heavy atom. The second-order valence-corrected chi connectivity index (χ2v) is 9.35. The number of rotatable bonds is 5. The number of halogens is 2. The molecule has 150 valence electrons. The highest BCUT2D eigenvalue weighted by molar-refractivity contribution is 9.11. The maximum absolute atomic E-state index is 6.43. The predicted molar refractivity (Wildman–Crippen MR) is 119 cm³/mol. The van der Waals surface area contributed by atoms with Gasteiger partial charge in [0.1, 0.15) is 18.5 Å². The van der Waals surface area contributed by atoms with Crippen LogP contribution in [0.5, 0.6) is 5.75 Å². The molecule has 2 heterocycles. The molecular weight excluding hydrogens is 484 g/mol. The third-order valence-electron chi connectivity index (χ3n) is 5.71. The molecule has 6 heteroatoms. The quantitative estimate of drug-likeness (QED) is 0.620. The van der Waals surface area contributed by atoms with Crippen molar-refractivity contribution in [3.63, 3.8) is 0 Å². The van der Waals surface area contributed by atoms with Crippen molar-refractivity contribution >= 4 is 31.9 Å². The van der Waals surface area contributed by atoms with Crippen LogP contribution >= 0.6 is 31.9 Å². The third-order valence-corrected chi connectivity index (χ3v) is 6.63. The van der Waals surface area contributed by atoms with Crippen molar-refractivity contribution in [2.45, 2.75) is 37.6 Å². The zero-order valence-electron chi connectivity index (χ0n) is 16.0. The van der Waals surface area contributed by atoms with Gasteiger partial charge in [0.05, 0.1) is 12.6 Å². The second-order valence-electron chi connectivity index (χ2n) is 7.52. The first-order chi connectivity index (χ1) is 13.6. The number of benzene rings is 2. The van der Waals surface area contributed by atoms with E-state index in [2.05, 4.69) is 79.5 Å². The number of nitrogens with zero attached hydrogens (tertiary/aromatic N) is 1. The van der Waals surface area contributed by atoms with Crippen molar-refractivity contribution in [3.8, 4) is 5.75 Å². The van der Waals surface area contributed by atoms with E-state index in [1.165, 1.54) is 18.4 Å². The molecule has 2 atom stereocenters. The molecule has 2 aliphatic heterocycles. The molecule has 0 bridgehead atoms. The lowest BCUT2D eigenvalue weighted by Crippen LogP contribution is -2.49. The Morgan fingerprint density at radius 1 is 1.11 bits per heavy atom. The molecule has 4 rings (SSSR count). The van der Waals surface area contributed by atoms with Gasteiger partial charge in [0.25, 0.3) is 0 Å². The summed E-state index contributed by atoms with van der Waals surface area (Å²) in [7, 11) is 2.06. The molecule has 1 saturated heterocycles. The lowest BCUT2D eigenvalue weighted by molar-refractivity contribution is -0.0645. The number of para-hydroxylation sites is 1. The molecule has 28 heavy (non-hydrogen) atoms. The Morgan fingerprint density at radius 2 is 1.82 bits per heavy atom. The minimum absolute atomic E-state index is 0.0128. The van der Waals surface area contributed by atoms with Crippen LogP contribution in [-0.4, -0.2) is 43.8 Å². The lowest BCUT2D eigenvalue weighted by atomic mass is 9.93. The largest absolute Gasteiger partial charge is 0.490 e. The minimum Gasteiger partial charge on any atom is -0.490 e. The highest BCUT2D eigenvalue weighted by Gasteiger charge is 2.37. The maximum Gasteiger partial charge on any atom is 0.124 e. The molecule has 2 aliphatic rings. The smallest absolute Gasteiger partial charge is 0.124 e. The summed E-state index contributed by atoms with van der Waals surface area (Å²) in [5.41, 5.74) is 2.39. The summed E-state index contributed by atoms with van der Waals surface area (Å²) in [5, 5.41) is 3.42. The fourth-order valence-corrected chi connectivity index (χ4v) is 5.64. The Bertz CT molecular complexity index is 789. The molecular formula is C22H26Br2N2O2. The van der Waals surface area contributed by atoms with E-state index in [9.17, 15) is 0 Å². The fraction of sp³-hybridized carbons (Fsp3) is 0.455. The van der Waals surface area contributed by atoms with Crippen LogP contribution in [0.4, 0.5) is 0 Å². The molecule has 1 N–H and O–H groups in total. The van der Waals surface area contributed by atoms with Gasteiger partial charge in [0, 0.05) is 33.6 Å². The molecule has 0 spiro atoms. The molecule has 2 aromatic rings. The first-order valence-electron chi connectivity index (χ1n) is 9.83. The van der Waals surface area contributed by atoms with E-state index < -0.39 is 0 Å². The number of likely N-dealkylation sites (tertiary alicyclic amines) is 1. The van der Waals surface area contributed by atoms with Crippen molar-refractivity contribution in [3.05, 3.63) is 62.5 Å². The van der Waals surface area contributed by atoms with E-state index in [-0.39, 0.29) is 12.1 Å². The van der Waals surface area contributed by atoms with Crippen LogP contribution in [0.2, 0.25) is 0 Å². The Labute approximate surface area is 183 Å². The summed E-state index contributed by atoms with van der Waals surface area (Å²) < 4.78 is 14.6. The van der Waals surface area contributed by atoms with Gasteiger partial charge < -0.3 is 14.8 Å². The molecule has 0 amide bonds. The van der Waals surface area contributed by atoms with E-state index >= 15 is 0 Å². The summed E-state index contributed by atoms with van der Waals surface area (Å²) >= 11 is 7.13. The molecule has 1 fully saturated rings. The molecule has 0 saturated carbocycles. The molecule has 0 aliphatic carbocycles. The van der Waals surface area contributed by atoms with Crippen LogP contribution < -0.4 is 10.1 Å². The number of hydrogen-bond acceptors (Lipinski definition) is 4. The van der Waals surface area contributed by atoms with Gasteiger partial charge in [0.15, 0.2) is 0 Å². The number of ether oxygens (including phenoxy) is 2. The maximum atomic E-state index is 6.43. The van der Waals surface area contributed by atoms with Gasteiger partial charge in [0.2, 0.25) is 0 Å². The summed E-state index contributed by atoms with van der Waals surface area (Å²) in [6, 6.07) is 15.5. The SMILES string of the molecule is CNC1CCN([C@@H]2c3ccccc3OC[C@H]2OCc2cc(Br)cc(Br)c2)CC1. The Balaban J connectivity index is 1.53. The average Bonchev–Trinajstić information content (AvgIpc) is 2.71. The molecule has 0 aromatic heterocycles. The fourth-order valence-electron chi connectivity index (χ4n) is 4.25. The van der Waals surface area contributed by atoms with Crippen molar-refractivity contribution in [2.75, 3.05) is 26.7 Å². The highest BCUT2D eigenvalue weighted by atomic mass is 79.9. The Kier molecular flexibility index (Phi) is 6.74. The van der Waals surface area contributed by atoms with E-state index in [0.29, 0.717) is 19.3 Å². The second kappa shape index (κ2) is 9.26. The van der Waals surface area contributed by atoms with Crippen molar-refractivity contribution in [1.82, 2.24) is 10.2 Å². The molecule has 4 nitrogen and oxygen atoms in total. The summed E-state index contributed by atoms with van der Waals surface area (Å²) in [6.45, 7) is 3.31. The van der Waals surface area contributed by atoms with E-state index in [1.807, 2.05) is 12.1 Å². The van der Waals surface area contributed by atoms with Gasteiger partial charge in [-0.2, -0.15) is 0 Å². The zero-order valence-corrected chi connectivity index (χ0v) is 19.2. The van der Waals surface area contributed by atoms with Crippen molar-refractivity contribution in [1.29, 1.82) is 0 Å². The van der Waals surface area contributed by atoms with Gasteiger partial charge in [-0.15, -0.1) is 0 Å². The van der Waals surface area contributed by atoms with Crippen LogP contribution in [0, 0.1) is 0 Å². The zero-order chi connectivity index (χ0) is 19.5. The van der Waals surface area contributed by atoms with Crippen LogP contribution in [0.1, 0.15) is 30.0 Å². The first-order valence-corrected chi connectivity index (χ1v) is 11.4. The summed E-state index contributed by atoms with van der Waals surface area (Å²) in [6.07, 6.45) is 2.35. The van der Waals surface area contributed by atoms with Gasteiger partial charge in [-0.3, -0.25) is 4.90 Å². The van der Waals surface area contributed by atoms with Gasteiger partial charge >= 0.3 is 0 Å². The van der Waals surface area contributed by atoms with E-state index in [1.54, 1.807) is 0 Å². The number of hydrogen-bond donors (Lipinski definition) is 1. The first kappa shape index (κ1) is 20.4. The monoisotopic (exact) mass is 508 g/mol. The molecule has 0 unspecified atom stereocenters. The standard InChI is InChI=1S/C22H26Br2N2O2/c1-25-18-6-8-26(9-7-18)22-19-4-2-3-5-20(19)28-14-21(22)27-13-15-10-16(23)12-17(24)11-15/h2-5,10-12,18,21-22,25H,6-9,13-14H2,1H3/t21-,22-/m1/s1. The van der Waals surface area contributed by atoms with E-state index in [0.717, 1.165) is 33.3 Å². The van der Waals surface area contributed by atoms with Crippen molar-refractivity contribution in [2.24, 2.45) is 0 Å². The molecule has 2 aromatic carbocycles. The van der Waals surface area contributed by atoms with Crippen LogP contribution in [0.15, 0.2) is 51.4 Å². The van der Waals surface area contributed by atoms with Crippen LogP contribution in [-0.2, 0) is 11.3 Å². The summed E-state index contributed by atoms with van der Waals surface area (Å²) in [4.78, 5) is 2.58. The number of fused-ring (bicyclic) bond motifs is 1. The van der Waals surface area contributed by atoms with Gasteiger partial charge in [-0.05, 0) is 49.7 Å². The highest BCUT2D eigenvalue weighted by Crippen LogP contribution is 2.39. The van der Waals surface area contributed by atoms with Crippen molar-refractivity contribution < 1.29 is 9.47 Å². The average molecular weight is 510 g/mol. The Hall–Kier alpha value is -0.920.